The van der Waals surface area contributed by atoms with Crippen LogP contribution in [0, 0.1) is 17.6 Å². The highest BCUT2D eigenvalue weighted by Gasteiger charge is 2.45. The summed E-state index contributed by atoms with van der Waals surface area (Å²) in [6, 6.07) is 8.10. The number of aromatic nitrogens is 1. The number of halogens is 4. The lowest BCUT2D eigenvalue weighted by Gasteiger charge is -2.47. The van der Waals surface area contributed by atoms with Gasteiger partial charge in [-0.05, 0) is 62.6 Å². The van der Waals surface area contributed by atoms with Crippen molar-refractivity contribution in [3.8, 4) is 0 Å². The Morgan fingerprint density at radius 1 is 1.10 bits per heavy atom. The van der Waals surface area contributed by atoms with Gasteiger partial charge in [-0.1, -0.05) is 31.5 Å². The van der Waals surface area contributed by atoms with Gasteiger partial charge >= 0.3 is 0 Å². The van der Waals surface area contributed by atoms with E-state index in [-0.39, 0.29) is 17.0 Å². The van der Waals surface area contributed by atoms with E-state index >= 15 is 8.78 Å². The van der Waals surface area contributed by atoms with Crippen LogP contribution in [-0.2, 0) is 12.0 Å². The fourth-order valence-corrected chi connectivity index (χ4v) is 6.24. The van der Waals surface area contributed by atoms with Crippen LogP contribution in [0.1, 0.15) is 62.0 Å². The number of nitrogens with one attached hydrogen (secondary N) is 1. The van der Waals surface area contributed by atoms with Gasteiger partial charge in [-0.3, -0.25) is 4.90 Å². The SMILES string of the molecule is CCCCN1CC([C@@](C)(O)c2cc(F)c([C@@H]3c4[nH]c5ccccc5c4C[C@@H](C)N3CC(F)(F)CO)c(F)c2)C1. The van der Waals surface area contributed by atoms with Crippen LogP contribution in [0.25, 0.3) is 10.9 Å². The molecule has 9 heteroatoms. The summed E-state index contributed by atoms with van der Waals surface area (Å²) >= 11 is 0. The molecule has 0 spiro atoms. The Morgan fingerprint density at radius 3 is 2.41 bits per heavy atom. The van der Waals surface area contributed by atoms with Gasteiger partial charge in [0, 0.05) is 47.2 Å². The van der Waals surface area contributed by atoms with Crippen molar-refractivity contribution in [3.05, 3.63) is 70.4 Å². The van der Waals surface area contributed by atoms with E-state index in [1.54, 1.807) is 13.8 Å². The molecule has 2 aromatic carbocycles. The Hall–Kier alpha value is -2.46. The Labute approximate surface area is 226 Å². The molecule has 1 saturated heterocycles. The van der Waals surface area contributed by atoms with E-state index in [1.165, 1.54) is 4.90 Å². The normalized spacial score (nSPS) is 22.6. The summed E-state index contributed by atoms with van der Waals surface area (Å²) in [5, 5.41) is 21.5. The average Bonchev–Trinajstić information content (AvgIpc) is 3.22. The number of fused-ring (bicyclic) bond motifs is 3. The molecule has 3 atom stereocenters. The molecule has 3 heterocycles. The summed E-state index contributed by atoms with van der Waals surface area (Å²) in [6.45, 7) is 5.41. The fraction of sp³-hybridized carbons (Fsp3) is 0.533. The van der Waals surface area contributed by atoms with E-state index in [9.17, 15) is 19.0 Å². The molecule has 1 aromatic heterocycles. The van der Waals surface area contributed by atoms with Crippen molar-refractivity contribution < 1.29 is 27.8 Å². The Balaban J connectivity index is 1.56. The van der Waals surface area contributed by atoms with E-state index in [2.05, 4.69) is 16.8 Å². The third-order valence-electron chi connectivity index (χ3n) is 8.68. The van der Waals surface area contributed by atoms with Gasteiger partial charge in [0.2, 0.25) is 0 Å². The minimum absolute atomic E-state index is 0.134. The van der Waals surface area contributed by atoms with Crippen LogP contribution >= 0.6 is 0 Å². The molecular formula is C30H37F4N3O2. The monoisotopic (exact) mass is 547 g/mol. The molecular weight excluding hydrogens is 510 g/mol. The third-order valence-corrected chi connectivity index (χ3v) is 8.68. The second-order valence-electron chi connectivity index (χ2n) is 11.5. The van der Waals surface area contributed by atoms with E-state index in [0.717, 1.165) is 48.0 Å². The largest absolute Gasteiger partial charge is 0.390 e. The van der Waals surface area contributed by atoms with Gasteiger partial charge in [-0.25, -0.2) is 17.6 Å². The van der Waals surface area contributed by atoms with Gasteiger partial charge in [0.15, 0.2) is 0 Å². The molecule has 1 fully saturated rings. The number of aliphatic hydroxyl groups is 2. The molecule has 3 aromatic rings. The highest BCUT2D eigenvalue weighted by atomic mass is 19.3. The molecule has 5 rings (SSSR count). The first-order valence-electron chi connectivity index (χ1n) is 13.7. The topological polar surface area (TPSA) is 62.7 Å². The first-order valence-corrected chi connectivity index (χ1v) is 13.7. The van der Waals surface area contributed by atoms with Crippen LogP contribution in [0.4, 0.5) is 17.6 Å². The molecule has 2 aliphatic heterocycles. The molecule has 0 saturated carbocycles. The number of H-pyrrole nitrogens is 1. The number of alkyl halides is 2. The Morgan fingerprint density at radius 2 is 1.77 bits per heavy atom. The number of unbranched alkanes of at least 4 members (excludes halogenated alkanes) is 1. The number of para-hydroxylation sites is 1. The summed E-state index contributed by atoms with van der Waals surface area (Å²) in [5.41, 5.74) is 0.399. The summed E-state index contributed by atoms with van der Waals surface area (Å²) in [4.78, 5) is 6.82. The molecule has 0 aliphatic carbocycles. The number of nitrogens with zero attached hydrogens (tertiary/aromatic N) is 2. The first-order chi connectivity index (χ1) is 18.5. The van der Waals surface area contributed by atoms with Crippen molar-refractivity contribution in [2.75, 3.05) is 32.8 Å². The van der Waals surface area contributed by atoms with Gasteiger partial charge in [-0.15, -0.1) is 0 Å². The van der Waals surface area contributed by atoms with Gasteiger partial charge < -0.3 is 20.1 Å². The molecule has 0 radical (unpaired) electrons. The number of likely N-dealkylation sites (tertiary alicyclic amines) is 1. The van der Waals surface area contributed by atoms with Crippen molar-refractivity contribution in [1.82, 2.24) is 14.8 Å². The minimum atomic E-state index is -3.46. The Kier molecular flexibility index (Phi) is 7.56. The van der Waals surface area contributed by atoms with Crippen molar-refractivity contribution in [1.29, 1.82) is 0 Å². The van der Waals surface area contributed by atoms with Crippen LogP contribution in [0.5, 0.6) is 0 Å². The summed E-state index contributed by atoms with van der Waals surface area (Å²) in [6.07, 6.45) is 2.52. The van der Waals surface area contributed by atoms with Gasteiger partial charge in [0.1, 0.15) is 18.2 Å². The van der Waals surface area contributed by atoms with Crippen LogP contribution in [0.15, 0.2) is 36.4 Å². The predicted octanol–water partition coefficient (Wildman–Crippen LogP) is 5.35. The highest BCUT2D eigenvalue weighted by molar-refractivity contribution is 5.85. The maximum absolute atomic E-state index is 16.0. The van der Waals surface area contributed by atoms with E-state index < -0.39 is 48.4 Å². The smallest absolute Gasteiger partial charge is 0.283 e. The predicted molar refractivity (Wildman–Crippen MR) is 143 cm³/mol. The molecule has 39 heavy (non-hydrogen) atoms. The molecule has 212 valence electrons. The molecule has 0 unspecified atom stereocenters. The zero-order valence-corrected chi connectivity index (χ0v) is 22.7. The van der Waals surface area contributed by atoms with Gasteiger partial charge in [0.25, 0.3) is 5.92 Å². The number of aliphatic hydroxyl groups excluding tert-OH is 1. The fourth-order valence-electron chi connectivity index (χ4n) is 6.24. The number of aromatic amines is 1. The summed E-state index contributed by atoms with van der Waals surface area (Å²) in [7, 11) is 0. The quantitative estimate of drug-likeness (QED) is 0.316. The lowest BCUT2D eigenvalue weighted by Crippen LogP contribution is -2.55. The lowest BCUT2D eigenvalue weighted by atomic mass is 9.77. The van der Waals surface area contributed by atoms with E-state index in [1.807, 2.05) is 24.3 Å². The van der Waals surface area contributed by atoms with Gasteiger partial charge in [0.05, 0.1) is 18.2 Å². The van der Waals surface area contributed by atoms with Crippen LogP contribution < -0.4 is 0 Å². The highest BCUT2D eigenvalue weighted by Crippen LogP contribution is 2.45. The molecule has 2 aliphatic rings. The number of rotatable bonds is 9. The number of benzene rings is 2. The van der Waals surface area contributed by atoms with Crippen LogP contribution in [0.3, 0.4) is 0 Å². The third kappa shape index (κ3) is 5.10. The zero-order chi connectivity index (χ0) is 28.1. The van der Waals surface area contributed by atoms with Crippen molar-refractivity contribution in [3.63, 3.8) is 0 Å². The standard InChI is InChI=1S/C30H37F4N3O2/c1-4-5-10-36-14-20(15-36)29(3,39)19-12-23(31)26(24(32)13-19)28-27-22(21-8-6-7-9-25(21)35-27)11-18(2)37(28)16-30(33,34)17-38/h6-9,12-13,18,20,28,35,38-39H,4-5,10-11,14-17H2,1-3H3/t18-,28-,29+/m1/s1. The molecule has 0 bridgehead atoms. The Bertz CT molecular complexity index is 1310. The maximum Gasteiger partial charge on any atom is 0.283 e. The summed E-state index contributed by atoms with van der Waals surface area (Å²) < 4.78 is 61.0. The number of hydrogen-bond donors (Lipinski definition) is 3. The van der Waals surface area contributed by atoms with Crippen LogP contribution in [0.2, 0.25) is 0 Å². The van der Waals surface area contributed by atoms with Crippen molar-refractivity contribution in [2.45, 2.75) is 63.6 Å². The second kappa shape index (κ2) is 10.5. The van der Waals surface area contributed by atoms with Gasteiger partial charge in [-0.2, -0.15) is 0 Å². The number of hydrogen-bond acceptors (Lipinski definition) is 4. The second-order valence-corrected chi connectivity index (χ2v) is 11.5. The van der Waals surface area contributed by atoms with Crippen LogP contribution in [-0.4, -0.2) is 69.7 Å². The molecule has 3 N–H and O–H groups in total. The lowest BCUT2D eigenvalue weighted by molar-refractivity contribution is -0.0870. The van der Waals surface area contributed by atoms with Crippen molar-refractivity contribution >= 4 is 10.9 Å². The molecule has 5 nitrogen and oxygen atoms in total. The van der Waals surface area contributed by atoms with Crippen molar-refractivity contribution in [2.24, 2.45) is 5.92 Å². The average molecular weight is 548 g/mol. The minimum Gasteiger partial charge on any atom is -0.390 e. The maximum atomic E-state index is 16.0. The van der Waals surface area contributed by atoms with E-state index in [0.29, 0.717) is 25.2 Å². The summed E-state index contributed by atoms with van der Waals surface area (Å²) in [5.74, 6) is -5.42. The molecule has 0 amide bonds. The zero-order valence-electron chi connectivity index (χ0n) is 22.7. The van der Waals surface area contributed by atoms with E-state index in [4.69, 9.17) is 0 Å². The first kappa shape index (κ1) is 28.1.